The molecule has 3 heterocycles. The van der Waals surface area contributed by atoms with Crippen LogP contribution in [0, 0.1) is 6.92 Å². The average molecular weight is 638 g/mol. The first-order valence-corrected chi connectivity index (χ1v) is 15.5. The average Bonchev–Trinajstić information content (AvgIpc) is 3.49. The van der Waals surface area contributed by atoms with Gasteiger partial charge >= 0.3 is 11.9 Å². The van der Waals surface area contributed by atoms with Gasteiger partial charge in [-0.2, -0.15) is 0 Å². The van der Waals surface area contributed by atoms with Gasteiger partial charge in [0.2, 0.25) is 0 Å². The van der Waals surface area contributed by atoms with Crippen LogP contribution in [0.5, 0.6) is 11.5 Å². The smallest absolute Gasteiger partial charge is 0.338 e. The van der Waals surface area contributed by atoms with Gasteiger partial charge in [0.05, 0.1) is 48.8 Å². The molecule has 0 saturated heterocycles. The Hall–Kier alpha value is -5.29. The van der Waals surface area contributed by atoms with Gasteiger partial charge in [-0.25, -0.2) is 9.79 Å². The van der Waals surface area contributed by atoms with E-state index >= 15 is 0 Å². The lowest BCUT2D eigenvalue weighted by molar-refractivity contribution is -0.139. The van der Waals surface area contributed by atoms with E-state index in [4.69, 9.17) is 14.2 Å². The highest BCUT2D eigenvalue weighted by Crippen LogP contribution is 2.38. The second kappa shape index (κ2) is 12.2. The summed E-state index contributed by atoms with van der Waals surface area (Å²) in [7, 11) is 1.43. The zero-order valence-electron chi connectivity index (χ0n) is 26.0. The highest BCUT2D eigenvalue weighted by atomic mass is 32.1. The van der Waals surface area contributed by atoms with Crippen LogP contribution in [0.2, 0.25) is 0 Å². The zero-order chi connectivity index (χ0) is 32.7. The van der Waals surface area contributed by atoms with Crippen LogP contribution in [0.3, 0.4) is 0 Å². The molecule has 46 heavy (non-hydrogen) atoms. The number of hydrogen-bond donors (Lipinski definition) is 0. The number of rotatable bonds is 7. The first kappa shape index (κ1) is 30.7. The monoisotopic (exact) mass is 637 g/mol. The molecule has 0 unspecified atom stereocenters. The first-order chi connectivity index (χ1) is 22.1. The Labute approximate surface area is 268 Å². The molecule has 0 radical (unpaired) electrons. The minimum Gasteiger partial charge on any atom is -0.493 e. The Morgan fingerprint density at radius 1 is 0.978 bits per heavy atom. The van der Waals surface area contributed by atoms with E-state index in [1.54, 1.807) is 36.9 Å². The summed E-state index contributed by atoms with van der Waals surface area (Å²) < 4.78 is 17.8. The van der Waals surface area contributed by atoms with Crippen LogP contribution in [0.1, 0.15) is 49.1 Å². The van der Waals surface area contributed by atoms with Gasteiger partial charge in [-0.1, -0.05) is 65.4 Å². The highest BCUT2D eigenvalue weighted by molar-refractivity contribution is 7.07. The van der Waals surface area contributed by atoms with Crippen LogP contribution in [-0.2, 0) is 25.7 Å². The van der Waals surface area contributed by atoms with Crippen LogP contribution in [0.25, 0.3) is 5.57 Å². The fourth-order valence-corrected chi connectivity index (χ4v) is 6.92. The standard InChI is InChI=1S/C35H31N3O7S/c1-6-44-34(42)28-20(3)36-35-38(30(28)23-15-16-26(45-21(4)39)27(17-23)43-5)33(41)31(46-35)29-24-9-7-8-10-25(24)37(32(29)40)18-22-13-11-19(2)12-14-22/h7-17,30H,6,18H2,1-5H3/b31-29-/t30-/m0/s1. The number of para-hydroxylation sites is 1. The fraction of sp³-hybridized carbons (Fsp3) is 0.229. The number of benzene rings is 3. The Bertz CT molecular complexity index is 2130. The van der Waals surface area contributed by atoms with Gasteiger partial charge in [0.15, 0.2) is 16.3 Å². The summed E-state index contributed by atoms with van der Waals surface area (Å²) in [6.07, 6.45) is 0. The number of esters is 2. The molecule has 2 aliphatic rings. The summed E-state index contributed by atoms with van der Waals surface area (Å²) in [6.45, 7) is 7.12. The molecule has 1 atom stereocenters. The number of hydrogen-bond acceptors (Lipinski definition) is 9. The van der Waals surface area contributed by atoms with Crippen molar-refractivity contribution < 1.29 is 28.6 Å². The van der Waals surface area contributed by atoms with Crippen molar-refractivity contribution in [2.45, 2.75) is 40.3 Å². The SMILES string of the molecule is CCOC(=O)C1=C(C)N=c2s/c(=C3\C(=O)N(Cc4ccc(C)cc4)c4ccccc43)c(=O)n2[C@H]1c1ccc(OC(C)=O)c(OC)c1. The van der Waals surface area contributed by atoms with Crippen molar-refractivity contribution in [3.05, 3.63) is 120 Å². The number of anilines is 1. The van der Waals surface area contributed by atoms with Crippen molar-refractivity contribution in [3.8, 4) is 11.5 Å². The number of nitrogens with zero attached hydrogens (tertiary/aromatic N) is 3. The molecule has 0 saturated carbocycles. The number of ether oxygens (including phenoxy) is 3. The minimum absolute atomic E-state index is 0.119. The van der Waals surface area contributed by atoms with E-state index in [9.17, 15) is 19.2 Å². The number of thiazole rings is 1. The quantitative estimate of drug-likeness (QED) is 0.223. The predicted octanol–water partition coefficient (Wildman–Crippen LogP) is 3.96. The third-order valence-corrected chi connectivity index (χ3v) is 8.91. The van der Waals surface area contributed by atoms with E-state index in [0.29, 0.717) is 33.9 Å². The van der Waals surface area contributed by atoms with Crippen molar-refractivity contribution in [2.75, 3.05) is 18.6 Å². The third-order valence-electron chi connectivity index (χ3n) is 7.86. The molecule has 11 heteroatoms. The Kier molecular flexibility index (Phi) is 8.18. The normalized spacial score (nSPS) is 16.5. The summed E-state index contributed by atoms with van der Waals surface area (Å²) in [5.41, 5.74) is 4.29. The number of aromatic nitrogens is 1. The fourth-order valence-electron chi connectivity index (χ4n) is 5.78. The number of methoxy groups -OCH3 is 1. The number of allylic oxidation sites excluding steroid dienone is 1. The maximum atomic E-state index is 14.5. The number of aryl methyl sites for hydroxylation is 1. The van der Waals surface area contributed by atoms with Crippen LogP contribution >= 0.6 is 11.3 Å². The molecule has 0 bridgehead atoms. The van der Waals surface area contributed by atoms with E-state index in [2.05, 4.69) is 4.99 Å². The minimum atomic E-state index is -0.958. The number of carbonyl (C=O) groups excluding carboxylic acids is 3. The number of carbonyl (C=O) groups is 3. The molecular weight excluding hydrogens is 606 g/mol. The van der Waals surface area contributed by atoms with E-state index in [1.807, 2.05) is 55.5 Å². The molecule has 0 aliphatic carbocycles. The van der Waals surface area contributed by atoms with Crippen LogP contribution in [-0.4, -0.2) is 36.1 Å². The predicted molar refractivity (Wildman–Crippen MR) is 172 cm³/mol. The van der Waals surface area contributed by atoms with Crippen molar-refractivity contribution in [1.82, 2.24) is 4.57 Å². The van der Waals surface area contributed by atoms with Gasteiger partial charge in [-0.3, -0.25) is 19.0 Å². The second-order valence-corrected chi connectivity index (χ2v) is 11.9. The van der Waals surface area contributed by atoms with E-state index in [-0.39, 0.29) is 39.7 Å². The molecule has 2 aliphatic heterocycles. The molecule has 6 rings (SSSR count). The van der Waals surface area contributed by atoms with Gasteiger partial charge in [-0.15, -0.1) is 0 Å². The molecule has 1 aromatic heterocycles. The summed E-state index contributed by atoms with van der Waals surface area (Å²) in [5, 5.41) is 0. The molecule has 3 aromatic carbocycles. The molecule has 0 spiro atoms. The Morgan fingerprint density at radius 2 is 1.72 bits per heavy atom. The van der Waals surface area contributed by atoms with E-state index < -0.39 is 23.5 Å². The molecule has 0 fully saturated rings. The summed E-state index contributed by atoms with van der Waals surface area (Å²) in [5.74, 6) is -1.02. The molecule has 10 nitrogen and oxygen atoms in total. The second-order valence-electron chi connectivity index (χ2n) is 10.9. The first-order valence-electron chi connectivity index (χ1n) is 14.7. The van der Waals surface area contributed by atoms with Gasteiger partial charge in [0.1, 0.15) is 4.53 Å². The highest BCUT2D eigenvalue weighted by Gasteiger charge is 2.37. The van der Waals surface area contributed by atoms with Gasteiger partial charge < -0.3 is 19.1 Å². The number of fused-ring (bicyclic) bond motifs is 2. The largest absolute Gasteiger partial charge is 0.493 e. The van der Waals surface area contributed by atoms with Crippen LogP contribution in [0.4, 0.5) is 5.69 Å². The number of amides is 1. The van der Waals surface area contributed by atoms with Crippen molar-refractivity contribution in [2.24, 2.45) is 4.99 Å². The Balaban J connectivity index is 1.56. The third kappa shape index (κ3) is 5.32. The lowest BCUT2D eigenvalue weighted by Gasteiger charge is -2.25. The summed E-state index contributed by atoms with van der Waals surface area (Å²) in [6, 6.07) is 19.2. The molecule has 1 amide bonds. The maximum Gasteiger partial charge on any atom is 0.338 e. The van der Waals surface area contributed by atoms with Crippen LogP contribution in [0.15, 0.2) is 87.8 Å². The summed E-state index contributed by atoms with van der Waals surface area (Å²) in [4.78, 5) is 60.4. The van der Waals surface area contributed by atoms with Crippen molar-refractivity contribution >= 4 is 40.4 Å². The van der Waals surface area contributed by atoms with E-state index in [1.165, 1.54) is 18.6 Å². The van der Waals surface area contributed by atoms with Gasteiger partial charge in [0, 0.05) is 12.5 Å². The van der Waals surface area contributed by atoms with Gasteiger partial charge in [-0.05, 0) is 50.1 Å². The van der Waals surface area contributed by atoms with E-state index in [0.717, 1.165) is 22.5 Å². The molecule has 0 N–H and O–H groups in total. The van der Waals surface area contributed by atoms with Crippen molar-refractivity contribution in [3.63, 3.8) is 0 Å². The van der Waals surface area contributed by atoms with Crippen LogP contribution < -0.4 is 29.3 Å². The lowest BCUT2D eigenvalue weighted by Crippen LogP contribution is -2.41. The topological polar surface area (TPSA) is 117 Å². The molecular formula is C35H31N3O7S. The molecule has 4 aromatic rings. The maximum absolute atomic E-state index is 14.5. The Morgan fingerprint density at radius 3 is 2.41 bits per heavy atom. The van der Waals surface area contributed by atoms with Gasteiger partial charge in [0.25, 0.3) is 11.5 Å². The van der Waals surface area contributed by atoms with Crippen molar-refractivity contribution in [1.29, 1.82) is 0 Å². The zero-order valence-corrected chi connectivity index (χ0v) is 26.8. The summed E-state index contributed by atoms with van der Waals surface area (Å²) >= 11 is 1.10. The lowest BCUT2D eigenvalue weighted by atomic mass is 9.95. The molecule has 234 valence electrons.